The van der Waals surface area contributed by atoms with Crippen LogP contribution in [0, 0.1) is 0 Å². The number of nitrogens with one attached hydrogen (secondary N) is 1. The van der Waals surface area contributed by atoms with Crippen LogP contribution in [0.1, 0.15) is 75.6 Å². The van der Waals surface area contributed by atoms with E-state index in [-0.39, 0.29) is 11.8 Å². The fourth-order valence-electron chi connectivity index (χ4n) is 7.43. The molecular formula is C36H42N6O4S. The third-order valence-corrected chi connectivity index (χ3v) is 10.3. The van der Waals surface area contributed by atoms with Gasteiger partial charge in [-0.3, -0.25) is 19.0 Å². The highest BCUT2D eigenvalue weighted by atomic mass is 32.2. The lowest BCUT2D eigenvalue weighted by molar-refractivity contribution is 0.0302. The van der Waals surface area contributed by atoms with Gasteiger partial charge in [-0.2, -0.15) is 5.10 Å². The molecule has 2 fully saturated rings. The number of allylic oxidation sites excluding steroid dienone is 1. The Hall–Kier alpha value is -4.06. The lowest BCUT2D eigenvalue weighted by Gasteiger charge is -2.27. The largest absolute Gasteiger partial charge is 0.497 e. The van der Waals surface area contributed by atoms with Gasteiger partial charge in [-0.25, -0.2) is 4.31 Å². The second-order valence-corrected chi connectivity index (χ2v) is 13.9. The molecule has 0 unspecified atom stereocenters. The van der Waals surface area contributed by atoms with Crippen molar-refractivity contribution in [3.8, 4) is 17.0 Å². The van der Waals surface area contributed by atoms with Gasteiger partial charge < -0.3 is 18.9 Å². The smallest absolute Gasteiger partial charge is 0.262 e. The lowest BCUT2D eigenvalue weighted by Crippen LogP contribution is -2.40. The molecule has 0 atom stereocenters. The minimum absolute atomic E-state index is 0.0368. The van der Waals surface area contributed by atoms with Crippen molar-refractivity contribution in [2.75, 3.05) is 47.5 Å². The Morgan fingerprint density at radius 2 is 1.83 bits per heavy atom. The summed E-state index contributed by atoms with van der Waals surface area (Å²) >= 11 is 1.26. The number of hydrogen-bond acceptors (Lipinski definition) is 7. The van der Waals surface area contributed by atoms with Gasteiger partial charge in [0.15, 0.2) is 0 Å². The number of nitrogens with zero attached hydrogens (tertiary/aromatic N) is 5. The van der Waals surface area contributed by atoms with Gasteiger partial charge in [-0.1, -0.05) is 25.3 Å². The van der Waals surface area contributed by atoms with Gasteiger partial charge in [0, 0.05) is 54.3 Å². The third kappa shape index (κ3) is 5.96. The minimum Gasteiger partial charge on any atom is -0.497 e. The topological polar surface area (TPSA) is 93.9 Å². The number of rotatable bonds is 7. The molecule has 11 heteroatoms. The molecule has 2 aromatic heterocycles. The van der Waals surface area contributed by atoms with Crippen molar-refractivity contribution in [3.63, 3.8) is 0 Å². The zero-order chi connectivity index (χ0) is 32.7. The average Bonchev–Trinajstić information content (AvgIpc) is 3.58. The number of ether oxygens (including phenoxy) is 2. The molecule has 246 valence electrons. The molecule has 0 radical (unpaired) electrons. The first kappa shape index (κ1) is 31.5. The van der Waals surface area contributed by atoms with Crippen LogP contribution < -0.4 is 9.46 Å². The van der Waals surface area contributed by atoms with Crippen LogP contribution >= 0.6 is 12.1 Å². The first-order valence-corrected chi connectivity index (χ1v) is 17.2. The van der Waals surface area contributed by atoms with Gasteiger partial charge in [0.05, 0.1) is 50.0 Å². The Morgan fingerprint density at radius 1 is 1.04 bits per heavy atom. The number of amides is 2. The Bertz CT molecular complexity index is 1860. The Labute approximate surface area is 279 Å². The molecule has 2 aliphatic heterocycles. The van der Waals surface area contributed by atoms with Gasteiger partial charge >= 0.3 is 0 Å². The van der Waals surface area contributed by atoms with Crippen molar-refractivity contribution in [1.29, 1.82) is 0 Å². The first-order valence-electron chi connectivity index (χ1n) is 16.4. The maximum Gasteiger partial charge on any atom is 0.262 e. The second-order valence-electron chi connectivity index (χ2n) is 12.8. The lowest BCUT2D eigenvalue weighted by atomic mass is 9.81. The Kier molecular flexibility index (Phi) is 8.87. The monoisotopic (exact) mass is 654 g/mol. The normalized spacial score (nSPS) is 16.9. The molecule has 0 spiro atoms. The van der Waals surface area contributed by atoms with Crippen LogP contribution in [0.5, 0.6) is 5.75 Å². The van der Waals surface area contributed by atoms with Gasteiger partial charge in [0.25, 0.3) is 11.8 Å². The molecule has 2 amide bonds. The Balaban J connectivity index is 1.44. The van der Waals surface area contributed by atoms with E-state index in [0.29, 0.717) is 49.9 Å². The predicted octanol–water partition coefficient (Wildman–Crippen LogP) is 5.98. The van der Waals surface area contributed by atoms with Crippen LogP contribution in [0.3, 0.4) is 0 Å². The minimum atomic E-state index is -0.139. The number of morpholine rings is 1. The maximum atomic E-state index is 13.9. The molecule has 1 N–H and O–H groups in total. The van der Waals surface area contributed by atoms with E-state index < -0.39 is 0 Å². The van der Waals surface area contributed by atoms with Crippen molar-refractivity contribution in [2.24, 2.45) is 7.05 Å². The number of aryl methyl sites for hydroxylation is 1. The summed E-state index contributed by atoms with van der Waals surface area (Å²) in [7, 11) is 7.38. The summed E-state index contributed by atoms with van der Waals surface area (Å²) in [6.07, 6.45) is 9.84. The highest BCUT2D eigenvalue weighted by molar-refractivity contribution is 7.95. The van der Waals surface area contributed by atoms with E-state index in [0.717, 1.165) is 46.5 Å². The number of carbonyl (C=O) groups excluding carboxylic acids is 2. The van der Waals surface area contributed by atoms with Crippen molar-refractivity contribution in [2.45, 2.75) is 44.6 Å². The Morgan fingerprint density at radius 3 is 2.57 bits per heavy atom. The van der Waals surface area contributed by atoms with Crippen molar-refractivity contribution in [3.05, 3.63) is 70.5 Å². The molecule has 4 heterocycles. The zero-order valence-corrected chi connectivity index (χ0v) is 28.4. The molecule has 2 aromatic carbocycles. The van der Waals surface area contributed by atoms with Crippen LogP contribution in [0.15, 0.2) is 42.6 Å². The van der Waals surface area contributed by atoms with E-state index in [9.17, 15) is 9.59 Å². The molecule has 4 aromatic rings. The van der Waals surface area contributed by atoms with E-state index in [1.165, 1.54) is 48.0 Å². The summed E-state index contributed by atoms with van der Waals surface area (Å²) in [5, 5.41) is 5.78. The van der Waals surface area contributed by atoms with E-state index in [1.807, 2.05) is 53.2 Å². The number of hydrogen-bond donors (Lipinski definition) is 1. The average molecular weight is 655 g/mol. The molecule has 1 saturated carbocycles. The zero-order valence-electron chi connectivity index (χ0n) is 27.5. The van der Waals surface area contributed by atoms with E-state index in [4.69, 9.17) is 9.47 Å². The molecule has 0 bridgehead atoms. The molecule has 47 heavy (non-hydrogen) atoms. The second kappa shape index (κ2) is 13.2. The van der Waals surface area contributed by atoms with E-state index in [1.54, 1.807) is 13.3 Å². The number of benzene rings is 2. The molecule has 1 aliphatic carbocycles. The summed E-state index contributed by atoms with van der Waals surface area (Å²) in [6.45, 7) is 2.68. The molecule has 1 saturated heterocycles. The third-order valence-electron chi connectivity index (χ3n) is 9.64. The number of fused-ring (bicyclic) bond motifs is 5. The van der Waals surface area contributed by atoms with E-state index in [2.05, 4.69) is 38.7 Å². The number of carbonyl (C=O) groups is 2. The maximum absolute atomic E-state index is 13.9. The van der Waals surface area contributed by atoms with Crippen LogP contribution in [0.2, 0.25) is 0 Å². The summed E-state index contributed by atoms with van der Waals surface area (Å²) in [6, 6.07) is 12.4. The van der Waals surface area contributed by atoms with Crippen LogP contribution in [0.4, 0.5) is 0 Å². The molecular weight excluding hydrogens is 613 g/mol. The number of aromatic nitrogens is 3. The van der Waals surface area contributed by atoms with Crippen molar-refractivity contribution < 1.29 is 19.1 Å². The SMILES string of the molecule is COc1ccc2c(c1)C=C(c1c(C(=O)N3CCOCC3)cnn1C)Cn1c-2c(C2CCCCC2)c2ccc(C(=O)NSN(C)C)cc21. The fourth-order valence-corrected chi connectivity index (χ4v) is 7.81. The first-order chi connectivity index (χ1) is 22.8. The van der Waals surface area contributed by atoms with Crippen LogP contribution in [0.25, 0.3) is 33.8 Å². The number of methoxy groups -OCH3 is 1. The van der Waals surface area contributed by atoms with Crippen molar-refractivity contribution >= 4 is 46.5 Å². The van der Waals surface area contributed by atoms with Crippen molar-refractivity contribution in [1.82, 2.24) is 28.3 Å². The van der Waals surface area contributed by atoms with Gasteiger partial charge in [-0.05, 0) is 86.0 Å². The summed E-state index contributed by atoms with van der Waals surface area (Å²) < 4.78 is 20.2. The summed E-state index contributed by atoms with van der Waals surface area (Å²) in [5.74, 6) is 1.01. The van der Waals surface area contributed by atoms with Crippen LogP contribution in [-0.4, -0.2) is 82.9 Å². The van der Waals surface area contributed by atoms with Gasteiger partial charge in [-0.15, -0.1) is 0 Å². The summed E-state index contributed by atoms with van der Waals surface area (Å²) in [5.41, 5.74) is 8.65. The van der Waals surface area contributed by atoms with Gasteiger partial charge in [0.1, 0.15) is 5.75 Å². The molecule has 7 rings (SSSR count). The molecule has 10 nitrogen and oxygen atoms in total. The molecule has 3 aliphatic rings. The van der Waals surface area contributed by atoms with Crippen LogP contribution in [-0.2, 0) is 18.3 Å². The van der Waals surface area contributed by atoms with E-state index >= 15 is 0 Å². The standard InChI is InChI=1S/C36H42N6O4S/c1-39(2)47-38-35(43)24-10-12-29-31(20-24)42-22-26(33-30(21-37-40(33)3)36(44)41-14-16-46-17-15-41)18-25-19-27(45-4)11-13-28(25)34(42)32(29)23-8-6-5-7-9-23/h10-13,18-21,23H,5-9,14-17,22H2,1-4H3,(H,38,43). The summed E-state index contributed by atoms with van der Waals surface area (Å²) in [4.78, 5) is 29.1. The fraction of sp³-hybridized carbons (Fsp3) is 0.417. The highest BCUT2D eigenvalue weighted by Crippen LogP contribution is 2.48. The highest BCUT2D eigenvalue weighted by Gasteiger charge is 2.32. The van der Waals surface area contributed by atoms with Gasteiger partial charge in [0.2, 0.25) is 0 Å². The quantitative estimate of drug-likeness (QED) is 0.245. The predicted molar refractivity (Wildman–Crippen MR) is 186 cm³/mol.